The lowest BCUT2D eigenvalue weighted by molar-refractivity contribution is -0.160. The molecule has 5 rings (SSSR count). The number of carboxylic acid groups (broad SMARTS) is 1. The lowest BCUT2D eigenvalue weighted by Crippen LogP contribution is -2.74. The number of carbonyl (C=O) groups is 3. The van der Waals surface area contributed by atoms with E-state index in [-0.39, 0.29) is 31.4 Å². The van der Waals surface area contributed by atoms with E-state index in [2.05, 4.69) is 15.3 Å². The number of aromatic nitrogens is 2. The summed E-state index contributed by atoms with van der Waals surface area (Å²) in [7, 11) is 0. The highest BCUT2D eigenvalue weighted by atomic mass is 35.5. The first-order chi connectivity index (χ1) is 21.2. The second kappa shape index (κ2) is 14.0. The summed E-state index contributed by atoms with van der Waals surface area (Å²) in [5, 5.41) is 14.8. The van der Waals surface area contributed by atoms with Crippen LogP contribution in [0.5, 0.6) is 5.75 Å². The molecule has 2 aliphatic rings. The summed E-state index contributed by atoms with van der Waals surface area (Å²) in [5.41, 5.74) is 0.699. The minimum absolute atomic E-state index is 0.187. The number of carboxylic acids is 1. The Morgan fingerprint density at radius 1 is 1.09 bits per heavy atom. The Morgan fingerprint density at radius 3 is 2.61 bits per heavy atom. The van der Waals surface area contributed by atoms with Crippen molar-refractivity contribution in [3.63, 3.8) is 0 Å². The first-order valence-electron chi connectivity index (χ1n) is 13.6. The number of thioether (sulfide) groups is 1. The van der Waals surface area contributed by atoms with Crippen LogP contribution in [-0.4, -0.2) is 88.3 Å². The maximum absolute atomic E-state index is 13.0. The smallest absolute Gasteiger partial charge is 0.330 e. The van der Waals surface area contributed by atoms with Gasteiger partial charge in [0, 0.05) is 22.2 Å². The molecule has 44 heavy (non-hydrogen) atoms. The minimum atomic E-state index is -1.30. The summed E-state index contributed by atoms with van der Waals surface area (Å²) in [5.74, 6) is -1.77. The molecule has 0 bridgehead atoms. The molecule has 1 aromatic heterocycles. The van der Waals surface area contributed by atoms with Crippen LogP contribution in [0.25, 0.3) is 22.3 Å². The van der Waals surface area contributed by atoms with Crippen LogP contribution < -0.4 is 15.6 Å². The Labute approximate surface area is 265 Å². The van der Waals surface area contributed by atoms with Crippen molar-refractivity contribution >= 4 is 63.7 Å². The standard InChI is InChI=1S/C29H28Cl2N4O8S/c1-2-7-41-8-9-42-13-22(36)33-23-27(38)35-24(29(39)40)15(14-44-28(23)35)12-43-21-6-4-17(31)11-19(21)25-32-20-5-3-16(30)10-18(20)26(37)34-25/h3-6,10-11,14,23-24,28H,2,7-9,12-13H2,1H3,(H,33,36)(H,39,40)(H,32,34,37)/t23-,24?,28?/m1/s1. The molecule has 3 heterocycles. The number of amides is 2. The summed E-state index contributed by atoms with van der Waals surface area (Å²) in [4.78, 5) is 58.9. The van der Waals surface area contributed by atoms with Crippen LogP contribution >= 0.6 is 35.0 Å². The van der Waals surface area contributed by atoms with E-state index in [0.29, 0.717) is 45.3 Å². The van der Waals surface area contributed by atoms with Crippen molar-refractivity contribution in [3.8, 4) is 17.1 Å². The normalized spacial score (nSPS) is 19.2. The number of halogens is 2. The van der Waals surface area contributed by atoms with Gasteiger partial charge in [0.2, 0.25) is 11.8 Å². The van der Waals surface area contributed by atoms with Crippen molar-refractivity contribution in [2.45, 2.75) is 30.8 Å². The molecule has 2 aromatic carbocycles. The van der Waals surface area contributed by atoms with Gasteiger partial charge in [-0.2, -0.15) is 0 Å². The van der Waals surface area contributed by atoms with Gasteiger partial charge in [0.05, 0.1) is 29.7 Å². The average Bonchev–Trinajstić information content (AvgIpc) is 3.00. The number of fused-ring (bicyclic) bond motifs is 2. The maximum atomic E-state index is 13.0. The molecule has 0 saturated carbocycles. The van der Waals surface area contributed by atoms with Crippen molar-refractivity contribution in [1.82, 2.24) is 20.2 Å². The van der Waals surface area contributed by atoms with Crippen molar-refractivity contribution in [2.75, 3.05) is 33.0 Å². The highest BCUT2D eigenvalue weighted by Crippen LogP contribution is 2.40. The first-order valence-corrected chi connectivity index (χ1v) is 15.3. The summed E-state index contributed by atoms with van der Waals surface area (Å²) < 4.78 is 16.6. The third-order valence-electron chi connectivity index (χ3n) is 6.83. The molecule has 2 amide bonds. The number of ether oxygens (including phenoxy) is 3. The summed E-state index contributed by atoms with van der Waals surface area (Å²) in [6, 6.07) is 7.30. The molecule has 1 fully saturated rings. The lowest BCUT2D eigenvalue weighted by atomic mass is 9.98. The molecule has 2 unspecified atom stereocenters. The fourth-order valence-electron chi connectivity index (χ4n) is 4.79. The van der Waals surface area contributed by atoms with Gasteiger partial charge in [0.1, 0.15) is 36.2 Å². The number of aromatic amines is 1. The second-order valence-corrected chi connectivity index (χ2v) is 11.8. The highest BCUT2D eigenvalue weighted by Gasteiger charge is 2.56. The summed E-state index contributed by atoms with van der Waals surface area (Å²) in [6.07, 6.45) is 0.878. The highest BCUT2D eigenvalue weighted by molar-refractivity contribution is 8.03. The molecular formula is C29H28Cl2N4O8S. The quantitative estimate of drug-likeness (QED) is 0.183. The Hall–Kier alpha value is -3.62. The summed E-state index contributed by atoms with van der Waals surface area (Å²) >= 11 is 13.5. The topological polar surface area (TPSA) is 160 Å². The number of hydrogen-bond acceptors (Lipinski definition) is 9. The van der Waals surface area contributed by atoms with Crippen LogP contribution in [0.1, 0.15) is 13.3 Å². The zero-order chi connectivity index (χ0) is 31.4. The predicted octanol–water partition coefficient (Wildman–Crippen LogP) is 3.46. The third-order valence-corrected chi connectivity index (χ3v) is 8.52. The fourth-order valence-corrected chi connectivity index (χ4v) is 6.34. The predicted molar refractivity (Wildman–Crippen MR) is 165 cm³/mol. The lowest BCUT2D eigenvalue weighted by Gasteiger charge is -2.51. The Balaban J connectivity index is 1.28. The Morgan fingerprint density at radius 2 is 1.84 bits per heavy atom. The SMILES string of the molecule is CCCOCCOCC(=O)N[C@@H]1C(=O)N2C(C(=O)O)C(COc3ccc(Cl)cc3-c3nc4ccc(Cl)cc4c(=O)[nH]3)=CSC12. The summed E-state index contributed by atoms with van der Waals surface area (Å²) in [6.45, 7) is 2.75. The van der Waals surface area contributed by atoms with Crippen LogP contribution in [0.3, 0.4) is 0 Å². The van der Waals surface area contributed by atoms with Gasteiger partial charge in [-0.3, -0.25) is 14.4 Å². The van der Waals surface area contributed by atoms with Gasteiger partial charge in [-0.1, -0.05) is 30.1 Å². The number of hydrogen-bond donors (Lipinski definition) is 3. The molecule has 2 aliphatic heterocycles. The number of nitrogens with zero attached hydrogens (tertiary/aromatic N) is 2. The average molecular weight is 664 g/mol. The van der Waals surface area contributed by atoms with E-state index >= 15 is 0 Å². The monoisotopic (exact) mass is 662 g/mol. The van der Waals surface area contributed by atoms with Crippen molar-refractivity contribution in [1.29, 1.82) is 0 Å². The third kappa shape index (κ3) is 6.87. The molecule has 15 heteroatoms. The number of rotatable bonds is 13. The number of H-pyrrole nitrogens is 1. The van der Waals surface area contributed by atoms with Crippen LogP contribution in [0.4, 0.5) is 0 Å². The van der Waals surface area contributed by atoms with E-state index in [0.717, 1.165) is 6.42 Å². The molecule has 0 aliphatic carbocycles. The number of β-lactam (4-membered cyclic amide) rings is 1. The van der Waals surface area contributed by atoms with Gasteiger partial charge in [-0.15, -0.1) is 11.8 Å². The number of carbonyl (C=O) groups excluding carboxylic acids is 2. The van der Waals surface area contributed by atoms with Crippen LogP contribution in [0, 0.1) is 0 Å². The van der Waals surface area contributed by atoms with E-state index in [4.69, 9.17) is 37.4 Å². The maximum Gasteiger partial charge on any atom is 0.330 e. The molecule has 3 N–H and O–H groups in total. The van der Waals surface area contributed by atoms with Crippen LogP contribution in [-0.2, 0) is 23.9 Å². The van der Waals surface area contributed by atoms with Crippen molar-refractivity contribution in [3.05, 3.63) is 67.8 Å². The Kier molecular flexibility index (Phi) is 10.1. The van der Waals surface area contributed by atoms with Crippen LogP contribution in [0.15, 0.2) is 52.2 Å². The number of nitrogens with one attached hydrogen (secondary N) is 2. The van der Waals surface area contributed by atoms with Gasteiger partial charge in [0.15, 0.2) is 6.04 Å². The Bertz CT molecular complexity index is 1680. The first kappa shape index (κ1) is 31.8. The number of benzene rings is 2. The molecule has 3 aromatic rings. The van der Waals surface area contributed by atoms with E-state index in [1.807, 2.05) is 6.92 Å². The van der Waals surface area contributed by atoms with E-state index in [1.54, 1.807) is 35.7 Å². The molecular weight excluding hydrogens is 635 g/mol. The molecule has 0 spiro atoms. The van der Waals surface area contributed by atoms with Crippen molar-refractivity contribution < 1.29 is 33.7 Å². The molecule has 3 atom stereocenters. The van der Waals surface area contributed by atoms with Gasteiger partial charge in [-0.25, -0.2) is 9.78 Å². The molecule has 0 radical (unpaired) electrons. The van der Waals surface area contributed by atoms with Gasteiger partial charge >= 0.3 is 5.97 Å². The van der Waals surface area contributed by atoms with Gasteiger partial charge < -0.3 is 34.5 Å². The molecule has 232 valence electrons. The largest absolute Gasteiger partial charge is 0.488 e. The van der Waals surface area contributed by atoms with Crippen molar-refractivity contribution in [2.24, 2.45) is 0 Å². The molecule has 12 nitrogen and oxygen atoms in total. The second-order valence-electron chi connectivity index (χ2n) is 9.92. The van der Waals surface area contributed by atoms with E-state index in [1.165, 1.54) is 22.7 Å². The number of aliphatic carboxylic acids is 1. The van der Waals surface area contributed by atoms with E-state index in [9.17, 15) is 24.3 Å². The van der Waals surface area contributed by atoms with Crippen LogP contribution in [0.2, 0.25) is 10.0 Å². The molecule has 1 saturated heterocycles. The van der Waals surface area contributed by atoms with Gasteiger partial charge in [-0.05, 0) is 48.2 Å². The van der Waals surface area contributed by atoms with E-state index < -0.39 is 40.8 Å². The van der Waals surface area contributed by atoms with Gasteiger partial charge in [0.25, 0.3) is 5.56 Å². The zero-order valence-electron chi connectivity index (χ0n) is 23.4. The fraction of sp³-hybridized carbons (Fsp3) is 0.345. The zero-order valence-corrected chi connectivity index (χ0v) is 25.7. The minimum Gasteiger partial charge on any atom is -0.488 e.